The van der Waals surface area contributed by atoms with Gasteiger partial charge in [-0.3, -0.25) is 13.9 Å². The first-order valence-corrected chi connectivity index (χ1v) is 16.7. The molecular weight excluding hydrogens is 548 g/mol. The lowest BCUT2D eigenvalue weighted by atomic mass is 10.0. The van der Waals surface area contributed by atoms with Gasteiger partial charge < -0.3 is 37.2 Å². The van der Waals surface area contributed by atoms with Crippen LogP contribution in [0, 0.1) is 0 Å². The first-order chi connectivity index (χ1) is 18.5. The fraction of sp³-hybridized carbons (Fsp3) is 0.731. The molecule has 0 N–H and O–H groups in total. The molecule has 13 heteroatoms. The van der Waals surface area contributed by atoms with Crippen molar-refractivity contribution in [3.8, 4) is 0 Å². The highest BCUT2D eigenvalue weighted by Crippen LogP contribution is 2.72. The molecule has 0 bridgehead atoms. The summed E-state index contributed by atoms with van der Waals surface area (Å²) in [5, 5.41) is -1.30. The topological polar surface area (TPSA) is 119 Å². The summed E-state index contributed by atoms with van der Waals surface area (Å²) in [6.07, 6.45) is -2.39. The molecule has 1 aromatic rings. The van der Waals surface area contributed by atoms with Gasteiger partial charge in [-0.2, -0.15) is 0 Å². The van der Waals surface area contributed by atoms with Gasteiger partial charge in [0.05, 0.1) is 45.2 Å². The third-order valence-corrected chi connectivity index (χ3v) is 12.7. The number of amides is 1. The van der Waals surface area contributed by atoms with Crippen molar-refractivity contribution in [2.75, 3.05) is 26.4 Å². The Kier molecular flexibility index (Phi) is 11.4. The first kappa shape index (κ1) is 32.4. The van der Waals surface area contributed by atoms with Crippen molar-refractivity contribution in [1.82, 2.24) is 4.90 Å². The van der Waals surface area contributed by atoms with E-state index in [2.05, 4.69) is 0 Å². The molecule has 4 atom stereocenters. The molecule has 0 aliphatic carbocycles. The second-order valence-corrected chi connectivity index (χ2v) is 14.6. The van der Waals surface area contributed by atoms with Crippen molar-refractivity contribution < 1.29 is 46.2 Å². The second-order valence-electron chi connectivity index (χ2n) is 9.72. The van der Waals surface area contributed by atoms with Gasteiger partial charge in [-0.05, 0) is 47.1 Å². The number of fused-ring (bicyclic) bond motifs is 1. The van der Waals surface area contributed by atoms with Gasteiger partial charge in [0.2, 0.25) is 5.91 Å². The Morgan fingerprint density at radius 3 is 1.92 bits per heavy atom. The van der Waals surface area contributed by atoms with E-state index < -0.39 is 50.9 Å². The molecule has 2 heterocycles. The van der Waals surface area contributed by atoms with Gasteiger partial charge in [0.15, 0.2) is 11.7 Å². The fourth-order valence-electron chi connectivity index (χ4n) is 5.34. The number of benzene rings is 1. The molecule has 2 saturated heterocycles. The van der Waals surface area contributed by atoms with Crippen molar-refractivity contribution in [3.05, 3.63) is 35.9 Å². The Balaban J connectivity index is 2.02. The molecule has 0 aromatic heterocycles. The maximum atomic E-state index is 14.1. The predicted octanol–water partition coefficient (Wildman–Crippen LogP) is 5.53. The van der Waals surface area contributed by atoms with E-state index >= 15 is 0 Å². The highest BCUT2D eigenvalue weighted by molar-refractivity contribution is 7.72. The standard InChI is InChI=1S/C26H43NO10P2/c1-8-32-38(29,33-9-2)22(39(30,34-10-3)35-11-4)17-21-23-24(37-26(6,7)27(23)19(5)28)25(36-21)31-18-20-15-13-12-14-16-20/h12-16,21-25H,8-11,17-18H2,1-7H3/t21-,23?,24-,25-/m1/s1. The molecule has 2 fully saturated rings. The molecule has 1 amide bonds. The minimum absolute atomic E-state index is 0.0577. The maximum absolute atomic E-state index is 14.1. The molecule has 3 rings (SSSR count). The molecule has 0 saturated carbocycles. The zero-order valence-corrected chi connectivity index (χ0v) is 25.7. The van der Waals surface area contributed by atoms with Crippen LogP contribution in [0.2, 0.25) is 0 Å². The van der Waals surface area contributed by atoms with Crippen LogP contribution in [0.1, 0.15) is 60.5 Å². The summed E-state index contributed by atoms with van der Waals surface area (Å²) in [5.41, 5.74) is -0.0193. The predicted molar refractivity (Wildman–Crippen MR) is 145 cm³/mol. The first-order valence-electron chi connectivity index (χ1n) is 13.5. The Hall–Kier alpha value is -1.13. The third kappa shape index (κ3) is 7.21. The summed E-state index contributed by atoms with van der Waals surface area (Å²) in [7, 11) is -8.07. The Morgan fingerprint density at radius 1 is 0.949 bits per heavy atom. The lowest BCUT2D eigenvalue weighted by Gasteiger charge is -2.37. The SMILES string of the molecule is CCOP(=O)(OCC)C(C[C@H]1O[C@@H](OCc2ccccc2)[C@@H]2OC(C)(C)N(C(C)=O)C21)P(=O)(OCC)OCC. The van der Waals surface area contributed by atoms with Gasteiger partial charge in [0.25, 0.3) is 0 Å². The normalized spacial score (nSPS) is 24.9. The number of carbonyl (C=O) groups excluding carboxylic acids is 1. The van der Waals surface area contributed by atoms with Crippen molar-refractivity contribution >= 4 is 21.1 Å². The van der Waals surface area contributed by atoms with Gasteiger partial charge in [0, 0.05) is 13.3 Å². The molecule has 222 valence electrons. The molecule has 0 radical (unpaired) electrons. The monoisotopic (exact) mass is 591 g/mol. The van der Waals surface area contributed by atoms with Crippen LogP contribution in [0.4, 0.5) is 0 Å². The van der Waals surface area contributed by atoms with Gasteiger partial charge in [-0.1, -0.05) is 30.3 Å². The molecule has 1 unspecified atom stereocenters. The minimum atomic E-state index is -4.04. The van der Waals surface area contributed by atoms with E-state index in [1.165, 1.54) is 6.92 Å². The van der Waals surface area contributed by atoms with Crippen molar-refractivity contribution in [3.63, 3.8) is 0 Å². The van der Waals surface area contributed by atoms with E-state index in [4.69, 9.17) is 32.3 Å². The van der Waals surface area contributed by atoms with Crippen LogP contribution < -0.4 is 0 Å². The lowest BCUT2D eigenvalue weighted by molar-refractivity contribution is -0.213. The van der Waals surface area contributed by atoms with E-state index in [1.54, 1.807) is 46.4 Å². The Morgan fingerprint density at radius 2 is 1.46 bits per heavy atom. The van der Waals surface area contributed by atoms with E-state index in [1.807, 2.05) is 30.3 Å². The van der Waals surface area contributed by atoms with Crippen molar-refractivity contribution in [2.45, 2.75) is 97.2 Å². The maximum Gasteiger partial charge on any atom is 0.345 e. The average molecular weight is 592 g/mol. The summed E-state index contributed by atoms with van der Waals surface area (Å²) in [4.78, 5) is 14.5. The fourth-order valence-corrected chi connectivity index (χ4v) is 10.7. The molecular formula is C26H43NO10P2. The summed E-state index contributed by atoms with van der Waals surface area (Å²) in [6.45, 7) is 12.2. The van der Waals surface area contributed by atoms with Gasteiger partial charge in [0.1, 0.15) is 11.8 Å². The summed E-state index contributed by atoms with van der Waals surface area (Å²) < 4.78 is 69.7. The van der Waals surface area contributed by atoms with Crippen LogP contribution in [-0.4, -0.2) is 72.9 Å². The molecule has 0 spiro atoms. The number of hydrogen-bond acceptors (Lipinski definition) is 10. The summed E-state index contributed by atoms with van der Waals surface area (Å²) in [5.74, 6) is -0.225. The third-order valence-electron chi connectivity index (χ3n) is 6.60. The largest absolute Gasteiger partial charge is 0.345 e. The number of carbonyl (C=O) groups is 1. The molecule has 1 aromatic carbocycles. The quantitative estimate of drug-likeness (QED) is 0.241. The Bertz CT molecular complexity index is 989. The number of rotatable bonds is 15. The van der Waals surface area contributed by atoms with Crippen LogP contribution in [-0.2, 0) is 52.8 Å². The van der Waals surface area contributed by atoms with E-state index in [0.29, 0.717) is 0 Å². The molecule has 2 aliphatic rings. The molecule has 11 nitrogen and oxygen atoms in total. The van der Waals surface area contributed by atoms with Crippen LogP contribution >= 0.6 is 15.2 Å². The lowest BCUT2D eigenvalue weighted by Crippen LogP contribution is -2.51. The van der Waals surface area contributed by atoms with Crippen LogP contribution in [0.3, 0.4) is 0 Å². The zero-order chi connectivity index (χ0) is 28.8. The number of nitrogens with zero attached hydrogens (tertiary/aromatic N) is 1. The van der Waals surface area contributed by atoms with E-state index in [9.17, 15) is 13.9 Å². The number of hydrogen-bond donors (Lipinski definition) is 0. The van der Waals surface area contributed by atoms with E-state index in [0.717, 1.165) is 5.56 Å². The highest BCUT2D eigenvalue weighted by Gasteiger charge is 2.62. The van der Waals surface area contributed by atoms with Crippen LogP contribution in [0.25, 0.3) is 0 Å². The van der Waals surface area contributed by atoms with Gasteiger partial charge in [-0.15, -0.1) is 0 Å². The minimum Gasteiger partial charge on any atom is -0.345 e. The average Bonchev–Trinajstić information content (AvgIpc) is 3.33. The molecule has 39 heavy (non-hydrogen) atoms. The van der Waals surface area contributed by atoms with Gasteiger partial charge >= 0.3 is 15.2 Å². The molecule has 2 aliphatic heterocycles. The van der Waals surface area contributed by atoms with Crippen molar-refractivity contribution in [2.24, 2.45) is 0 Å². The van der Waals surface area contributed by atoms with Gasteiger partial charge in [-0.25, -0.2) is 0 Å². The smallest absolute Gasteiger partial charge is 0.345 e. The summed E-state index contributed by atoms with van der Waals surface area (Å²) >= 11 is 0. The zero-order valence-electron chi connectivity index (χ0n) is 23.9. The summed E-state index contributed by atoms with van der Waals surface area (Å²) in [6, 6.07) is 8.99. The second kappa shape index (κ2) is 13.7. The highest BCUT2D eigenvalue weighted by atomic mass is 31.2. The van der Waals surface area contributed by atoms with Crippen LogP contribution in [0.5, 0.6) is 0 Å². The van der Waals surface area contributed by atoms with Crippen LogP contribution in [0.15, 0.2) is 30.3 Å². The Labute approximate surface area is 231 Å². The van der Waals surface area contributed by atoms with E-state index in [-0.39, 0.29) is 45.4 Å². The van der Waals surface area contributed by atoms with Crippen molar-refractivity contribution in [1.29, 1.82) is 0 Å². The number of ether oxygens (including phenoxy) is 3.